The third kappa shape index (κ3) is 1.76. The molecule has 1 N–H and O–H groups in total. The van der Waals surface area contributed by atoms with Crippen LogP contribution in [-0.2, 0) is 0 Å². The van der Waals surface area contributed by atoms with Gasteiger partial charge in [0.1, 0.15) is 0 Å². The van der Waals surface area contributed by atoms with Gasteiger partial charge in [-0.05, 0) is 59.6 Å². The number of hydrogen-bond donors (Lipinski definition) is 1. The molecule has 2 heteroatoms. The maximum atomic E-state index is 9.72. The van der Waals surface area contributed by atoms with Gasteiger partial charge in [-0.25, -0.2) is 0 Å². The molecule has 0 aromatic heterocycles. The fourth-order valence-corrected chi connectivity index (χ4v) is 4.46. The van der Waals surface area contributed by atoms with E-state index in [1.807, 2.05) is 6.07 Å². The molecule has 2 saturated carbocycles. The van der Waals surface area contributed by atoms with Gasteiger partial charge in [-0.15, -0.1) is 0 Å². The minimum atomic E-state index is 0.239. The molecular formula is C17H24O2. The van der Waals surface area contributed by atoms with Crippen molar-refractivity contribution >= 4 is 0 Å². The Hall–Kier alpha value is -1.18. The van der Waals surface area contributed by atoms with Gasteiger partial charge in [0.25, 0.3) is 0 Å². The Kier molecular flexibility index (Phi) is 2.81. The van der Waals surface area contributed by atoms with E-state index in [4.69, 9.17) is 4.74 Å². The van der Waals surface area contributed by atoms with Crippen LogP contribution < -0.4 is 4.74 Å². The zero-order valence-electron chi connectivity index (χ0n) is 12.3. The third-order valence-corrected chi connectivity index (χ3v) is 6.11. The molecule has 19 heavy (non-hydrogen) atoms. The van der Waals surface area contributed by atoms with E-state index in [-0.39, 0.29) is 5.75 Å². The first kappa shape index (κ1) is 12.8. The van der Waals surface area contributed by atoms with E-state index in [2.05, 4.69) is 26.8 Å². The van der Waals surface area contributed by atoms with Gasteiger partial charge in [0, 0.05) is 0 Å². The van der Waals surface area contributed by atoms with E-state index in [9.17, 15) is 5.11 Å². The highest BCUT2D eigenvalue weighted by molar-refractivity contribution is 5.43. The van der Waals surface area contributed by atoms with E-state index < -0.39 is 0 Å². The van der Waals surface area contributed by atoms with Crippen molar-refractivity contribution in [2.45, 2.75) is 39.5 Å². The van der Waals surface area contributed by atoms with Crippen molar-refractivity contribution in [3.05, 3.63) is 23.8 Å². The smallest absolute Gasteiger partial charge is 0.160 e. The predicted molar refractivity (Wildman–Crippen MR) is 76.6 cm³/mol. The highest BCUT2D eigenvalue weighted by atomic mass is 16.5. The Morgan fingerprint density at radius 1 is 1.26 bits per heavy atom. The van der Waals surface area contributed by atoms with Gasteiger partial charge in [-0.1, -0.05) is 26.8 Å². The molecule has 0 unspecified atom stereocenters. The van der Waals surface area contributed by atoms with E-state index >= 15 is 0 Å². The molecule has 2 aliphatic rings. The summed E-state index contributed by atoms with van der Waals surface area (Å²) < 4.78 is 5.24. The Balaban J connectivity index is 1.90. The first-order valence-corrected chi connectivity index (χ1v) is 7.32. The van der Waals surface area contributed by atoms with E-state index in [0.29, 0.717) is 17.1 Å². The highest BCUT2D eigenvalue weighted by Gasteiger charge is 2.55. The van der Waals surface area contributed by atoms with Gasteiger partial charge < -0.3 is 9.84 Å². The Morgan fingerprint density at radius 2 is 2.00 bits per heavy atom. The number of aromatic hydroxyl groups is 1. The number of hydrogen-bond acceptors (Lipinski definition) is 2. The Labute approximate surface area is 115 Å². The number of ether oxygens (including phenoxy) is 1. The van der Waals surface area contributed by atoms with Crippen LogP contribution in [0.25, 0.3) is 0 Å². The minimum Gasteiger partial charge on any atom is -0.504 e. The molecule has 0 radical (unpaired) electrons. The molecule has 0 saturated heterocycles. The van der Waals surface area contributed by atoms with Gasteiger partial charge >= 0.3 is 0 Å². The molecule has 2 nitrogen and oxygen atoms in total. The van der Waals surface area contributed by atoms with Crippen LogP contribution in [0.15, 0.2) is 18.2 Å². The summed E-state index contributed by atoms with van der Waals surface area (Å²) in [5, 5.41) is 9.72. The predicted octanol–water partition coefficient (Wildman–Crippen LogP) is 4.19. The van der Waals surface area contributed by atoms with Crippen LogP contribution in [0.4, 0.5) is 0 Å². The first-order valence-electron chi connectivity index (χ1n) is 7.32. The summed E-state index contributed by atoms with van der Waals surface area (Å²) in [6.07, 6.45) is 2.65. The lowest BCUT2D eigenvalue weighted by Crippen LogP contribution is -2.32. The van der Waals surface area contributed by atoms with Gasteiger partial charge in [0.2, 0.25) is 0 Å². The summed E-state index contributed by atoms with van der Waals surface area (Å²) in [7, 11) is 1.62. The van der Waals surface area contributed by atoms with Crippen LogP contribution in [0.5, 0.6) is 11.5 Å². The van der Waals surface area contributed by atoms with Gasteiger partial charge in [-0.3, -0.25) is 0 Å². The largest absolute Gasteiger partial charge is 0.504 e. The third-order valence-electron chi connectivity index (χ3n) is 6.11. The summed E-state index contributed by atoms with van der Waals surface area (Å²) in [6, 6.07) is 5.87. The molecule has 1 aromatic rings. The monoisotopic (exact) mass is 260 g/mol. The highest BCUT2D eigenvalue weighted by Crippen LogP contribution is 2.64. The molecule has 0 amide bonds. The maximum Gasteiger partial charge on any atom is 0.160 e. The molecule has 4 atom stereocenters. The number of rotatable bonds is 2. The fourth-order valence-electron chi connectivity index (χ4n) is 4.46. The van der Waals surface area contributed by atoms with Crippen molar-refractivity contribution in [2.24, 2.45) is 23.2 Å². The summed E-state index contributed by atoms with van der Waals surface area (Å²) >= 11 is 0. The van der Waals surface area contributed by atoms with Crippen LogP contribution in [0.3, 0.4) is 0 Å². The number of fused-ring (bicyclic) bond motifs is 2. The zero-order valence-corrected chi connectivity index (χ0v) is 12.3. The van der Waals surface area contributed by atoms with Crippen molar-refractivity contribution in [3.8, 4) is 11.5 Å². The molecule has 0 aliphatic heterocycles. The second-order valence-corrected chi connectivity index (χ2v) is 6.98. The fraction of sp³-hybridized carbons (Fsp3) is 0.647. The summed E-state index contributed by atoms with van der Waals surface area (Å²) in [6.45, 7) is 7.26. The quantitative estimate of drug-likeness (QED) is 0.864. The standard InChI is InChI=1S/C17H24O2/c1-10-13-8-12(17(10,2)3)9-14(13)11-5-6-15(18)16(7-11)19-4/h5-7,10,12-14,18H,8-9H2,1-4H3/t10-,12+,13+,14+/m0/s1. The molecule has 0 heterocycles. The van der Waals surface area contributed by atoms with Crippen LogP contribution in [0, 0.1) is 23.2 Å². The first-order chi connectivity index (χ1) is 8.95. The molecule has 2 aliphatic carbocycles. The zero-order chi connectivity index (χ0) is 13.8. The lowest BCUT2D eigenvalue weighted by molar-refractivity contribution is 0.122. The van der Waals surface area contributed by atoms with Crippen molar-refractivity contribution in [1.82, 2.24) is 0 Å². The number of phenolic OH excluding ortho intramolecular Hbond substituents is 1. The van der Waals surface area contributed by atoms with Crippen molar-refractivity contribution < 1.29 is 9.84 Å². The number of methoxy groups -OCH3 is 1. The number of phenols is 1. The second kappa shape index (κ2) is 4.16. The average molecular weight is 260 g/mol. The van der Waals surface area contributed by atoms with Gasteiger partial charge in [-0.2, -0.15) is 0 Å². The molecular weight excluding hydrogens is 236 g/mol. The molecule has 0 spiro atoms. The van der Waals surface area contributed by atoms with Crippen LogP contribution in [-0.4, -0.2) is 12.2 Å². The number of benzene rings is 1. The molecule has 104 valence electrons. The minimum absolute atomic E-state index is 0.239. The Bertz CT molecular complexity index is 488. The molecule has 2 bridgehead atoms. The SMILES string of the molecule is COc1cc([C@H]2C[C@H]3C[C@@H]2[C@H](C)C3(C)C)ccc1O. The topological polar surface area (TPSA) is 29.5 Å². The normalized spacial score (nSPS) is 35.6. The van der Waals surface area contributed by atoms with Crippen molar-refractivity contribution in [1.29, 1.82) is 0 Å². The van der Waals surface area contributed by atoms with Gasteiger partial charge in [0.15, 0.2) is 11.5 Å². The van der Waals surface area contributed by atoms with Crippen LogP contribution >= 0.6 is 0 Å². The summed E-state index contributed by atoms with van der Waals surface area (Å²) in [5.41, 5.74) is 1.83. The van der Waals surface area contributed by atoms with E-state index in [0.717, 1.165) is 17.8 Å². The van der Waals surface area contributed by atoms with Crippen LogP contribution in [0.1, 0.15) is 45.1 Å². The lowest BCUT2D eigenvalue weighted by atomic mass is 9.65. The molecule has 3 rings (SSSR count). The van der Waals surface area contributed by atoms with E-state index in [1.54, 1.807) is 13.2 Å². The van der Waals surface area contributed by atoms with Gasteiger partial charge in [0.05, 0.1) is 7.11 Å². The Morgan fingerprint density at radius 3 is 2.58 bits per heavy atom. The van der Waals surface area contributed by atoms with Crippen molar-refractivity contribution in [3.63, 3.8) is 0 Å². The molecule has 2 fully saturated rings. The van der Waals surface area contributed by atoms with E-state index in [1.165, 1.54) is 18.4 Å². The molecule has 1 aromatic carbocycles. The second-order valence-electron chi connectivity index (χ2n) is 6.98. The van der Waals surface area contributed by atoms with Crippen molar-refractivity contribution in [2.75, 3.05) is 7.11 Å². The average Bonchev–Trinajstić information content (AvgIpc) is 2.90. The van der Waals surface area contributed by atoms with Crippen LogP contribution in [0.2, 0.25) is 0 Å². The maximum absolute atomic E-state index is 9.72. The summed E-state index contributed by atoms with van der Waals surface area (Å²) in [5.74, 6) is 3.89. The lowest BCUT2D eigenvalue weighted by Gasteiger charge is -2.40. The summed E-state index contributed by atoms with van der Waals surface area (Å²) in [4.78, 5) is 0.